The number of nitrogens with two attached hydrogens (primary N) is 6. The summed E-state index contributed by atoms with van der Waals surface area (Å²) in [4.78, 5) is 127. The zero-order valence-electron chi connectivity index (χ0n) is 43.4. The van der Waals surface area contributed by atoms with Crippen LogP contribution in [0.3, 0.4) is 0 Å². The predicted molar refractivity (Wildman–Crippen MR) is 290 cm³/mol. The number of aromatic nitrogens is 1. The second-order valence-electron chi connectivity index (χ2n) is 18.6. The summed E-state index contributed by atoms with van der Waals surface area (Å²) >= 11 is 0. The Bertz CT molecular complexity index is 2540. The first-order valence-corrected chi connectivity index (χ1v) is 25.5. The fourth-order valence-corrected chi connectivity index (χ4v) is 8.43. The molecule has 0 aliphatic carbocycles. The van der Waals surface area contributed by atoms with Crippen molar-refractivity contribution >= 4 is 76.0 Å². The lowest BCUT2D eigenvalue weighted by Gasteiger charge is -2.28. The first kappa shape index (κ1) is 61.1. The Morgan fingerprint density at radius 1 is 0.662 bits per heavy atom. The Morgan fingerprint density at radius 2 is 1.19 bits per heavy atom. The lowest BCUT2D eigenvalue weighted by molar-refractivity contribution is -0.136. The number of aliphatic hydroxyl groups excluding tert-OH is 1. The highest BCUT2D eigenvalue weighted by Crippen LogP contribution is 2.20. The maximum absolute atomic E-state index is 14.7. The number of benzene rings is 2. The van der Waals surface area contributed by atoms with Crippen LogP contribution >= 0.6 is 0 Å². The van der Waals surface area contributed by atoms with Crippen molar-refractivity contribution in [2.24, 2.45) is 49.4 Å². The smallest absolute Gasteiger partial charge is 0.243 e. The predicted octanol–water partition coefficient (Wildman–Crippen LogP) is -3.79. The van der Waals surface area contributed by atoms with Crippen molar-refractivity contribution in [3.05, 3.63) is 71.9 Å². The molecule has 1 saturated heterocycles. The van der Waals surface area contributed by atoms with Crippen molar-refractivity contribution in [1.29, 1.82) is 0 Å². The van der Waals surface area contributed by atoms with E-state index in [1.54, 1.807) is 36.5 Å². The zero-order chi connectivity index (χ0) is 56.3. The molecule has 1 aliphatic heterocycles. The summed E-state index contributed by atoms with van der Waals surface area (Å²) in [6.45, 7) is 1.01. The number of H-pyrrole nitrogens is 1. The molecule has 1 aliphatic rings. The van der Waals surface area contributed by atoms with Gasteiger partial charge in [-0.2, -0.15) is 0 Å². The van der Waals surface area contributed by atoms with E-state index in [9.17, 15) is 43.5 Å². The average Bonchev–Trinajstić information content (AvgIpc) is 3.80. The number of amides is 8. The number of hydrogen-bond donors (Lipinski definition) is 16. The monoisotopic (exact) mass is 1070 g/mol. The van der Waals surface area contributed by atoms with E-state index in [0.717, 1.165) is 10.9 Å². The molecule has 22 N–H and O–H groups in total. The molecule has 0 bridgehead atoms. The maximum Gasteiger partial charge on any atom is 0.243 e. The first-order chi connectivity index (χ1) is 36.8. The van der Waals surface area contributed by atoms with Crippen LogP contribution in [0.1, 0.15) is 82.3 Å². The van der Waals surface area contributed by atoms with Gasteiger partial charge in [-0.3, -0.25) is 53.3 Å². The van der Waals surface area contributed by atoms with E-state index in [-0.39, 0.29) is 102 Å². The highest BCUT2D eigenvalue weighted by Gasteiger charge is 2.35. The third-order valence-electron chi connectivity index (χ3n) is 12.3. The van der Waals surface area contributed by atoms with Gasteiger partial charge in [0, 0.05) is 63.0 Å². The lowest BCUT2D eigenvalue weighted by atomic mass is 10.0. The van der Waals surface area contributed by atoms with Crippen molar-refractivity contribution < 1.29 is 43.5 Å². The number of carbonyl (C=O) groups is 8. The molecule has 8 amide bonds. The van der Waals surface area contributed by atoms with Crippen LogP contribution < -0.4 is 76.9 Å². The molecule has 420 valence electrons. The Morgan fingerprint density at radius 3 is 1.79 bits per heavy atom. The summed E-state index contributed by atoms with van der Waals surface area (Å²) in [5, 5.41) is 32.9. The van der Waals surface area contributed by atoms with E-state index in [0.29, 0.717) is 24.0 Å². The van der Waals surface area contributed by atoms with Crippen LogP contribution in [-0.2, 0) is 51.2 Å². The van der Waals surface area contributed by atoms with Crippen LogP contribution in [0.25, 0.3) is 10.9 Å². The minimum absolute atomic E-state index is 0.00180. The topological polar surface area (TPSA) is 462 Å². The van der Waals surface area contributed by atoms with Gasteiger partial charge in [-0.05, 0) is 75.0 Å². The van der Waals surface area contributed by atoms with Crippen LogP contribution in [0, 0.1) is 0 Å². The Labute approximate surface area is 446 Å². The summed E-state index contributed by atoms with van der Waals surface area (Å²) in [6, 6.07) is 7.02. The van der Waals surface area contributed by atoms with Crippen LogP contribution in [0.4, 0.5) is 0 Å². The van der Waals surface area contributed by atoms with Crippen molar-refractivity contribution in [2.75, 3.05) is 32.8 Å². The second-order valence-corrected chi connectivity index (χ2v) is 18.6. The molecule has 2 heterocycles. The number of hydrogen-bond acceptors (Lipinski definition) is 12. The van der Waals surface area contributed by atoms with Crippen LogP contribution in [0.15, 0.2) is 75.8 Å². The molecule has 77 heavy (non-hydrogen) atoms. The standard InChI is InChI=1S/C50H76N18O9/c1-29(70)62-35(17-9-21-58-48(51)52)42(72)68-40-26-41(71)57-20-8-7-14-32(28-69)63-45(75)39(25-31-27-61-34-16-6-5-15-33(31)34)67-44(74)37(19-11-23-60-50(55)56)64-46(76)38(24-30-12-3-2-4-13-30)66-43(73)36(65-47(40)77)18-10-22-59-49(53)54/h2-6,12-13,15-16,27,32,35-40,61,69H,7-11,14,17-26,28H2,1H3,(H,57,71)(H,62,70)(H,63,75)(H,64,76)(H,65,77)(H,66,73)(H,67,74)(H,68,72)(H4,51,52,58)(H4,53,54,59)(H4,55,56,60). The van der Waals surface area contributed by atoms with E-state index in [1.807, 2.05) is 24.3 Å². The summed E-state index contributed by atoms with van der Waals surface area (Å²) in [6.07, 6.45) is 2.37. The zero-order valence-corrected chi connectivity index (χ0v) is 43.4. The molecule has 1 aromatic heterocycles. The van der Waals surface area contributed by atoms with E-state index >= 15 is 0 Å². The van der Waals surface area contributed by atoms with Gasteiger partial charge in [0.15, 0.2) is 17.9 Å². The third kappa shape index (κ3) is 22.1. The van der Waals surface area contributed by atoms with E-state index < -0.39 is 103 Å². The fourth-order valence-electron chi connectivity index (χ4n) is 8.43. The molecule has 4 rings (SSSR count). The number of aliphatic imine (C=N–C) groups is 3. The number of fused-ring (bicyclic) bond motifs is 1. The highest BCUT2D eigenvalue weighted by molar-refractivity contribution is 5.98. The van der Waals surface area contributed by atoms with Gasteiger partial charge in [-0.25, -0.2) is 0 Å². The van der Waals surface area contributed by atoms with Crippen molar-refractivity contribution in [3.8, 4) is 0 Å². The lowest BCUT2D eigenvalue weighted by Crippen LogP contribution is -2.60. The fraction of sp³-hybridized carbons (Fsp3) is 0.500. The van der Waals surface area contributed by atoms with Crippen molar-refractivity contribution in [1.82, 2.24) is 47.5 Å². The molecule has 3 aromatic rings. The number of aliphatic hydroxyl groups is 1. The van der Waals surface area contributed by atoms with Gasteiger partial charge in [-0.15, -0.1) is 0 Å². The van der Waals surface area contributed by atoms with Crippen molar-refractivity contribution in [2.45, 2.75) is 126 Å². The molecule has 2 aromatic carbocycles. The largest absolute Gasteiger partial charge is 0.394 e. The molecule has 0 spiro atoms. The van der Waals surface area contributed by atoms with Gasteiger partial charge in [0.25, 0.3) is 0 Å². The summed E-state index contributed by atoms with van der Waals surface area (Å²) < 4.78 is 0. The highest BCUT2D eigenvalue weighted by atomic mass is 16.3. The van der Waals surface area contributed by atoms with Gasteiger partial charge < -0.3 is 87.0 Å². The number of nitrogens with zero attached hydrogens (tertiary/aromatic N) is 3. The molecule has 1 fully saturated rings. The molecule has 7 atom stereocenters. The Balaban J connectivity index is 1.78. The number of nitrogens with one attached hydrogen (secondary N) is 9. The van der Waals surface area contributed by atoms with Crippen LogP contribution in [0.5, 0.6) is 0 Å². The van der Waals surface area contributed by atoms with Gasteiger partial charge >= 0.3 is 0 Å². The number of aromatic amines is 1. The van der Waals surface area contributed by atoms with Crippen LogP contribution in [-0.4, -0.2) is 150 Å². The third-order valence-corrected chi connectivity index (χ3v) is 12.3. The molecular formula is C50H76N18O9. The Kier molecular flexibility index (Phi) is 25.4. The van der Waals surface area contributed by atoms with Crippen molar-refractivity contribution in [3.63, 3.8) is 0 Å². The summed E-state index contributed by atoms with van der Waals surface area (Å²) in [7, 11) is 0. The molecule has 0 radical (unpaired) electrons. The number of para-hydroxylation sites is 1. The minimum Gasteiger partial charge on any atom is -0.394 e. The normalized spacial score (nSPS) is 20.8. The Hall–Kier alpha value is -8.49. The van der Waals surface area contributed by atoms with E-state index in [1.165, 1.54) is 6.92 Å². The van der Waals surface area contributed by atoms with Gasteiger partial charge in [-0.1, -0.05) is 48.5 Å². The maximum atomic E-state index is 14.7. The molecule has 27 nitrogen and oxygen atoms in total. The number of guanidine groups is 3. The molecular weight excluding hydrogens is 997 g/mol. The quantitative estimate of drug-likeness (QED) is 0.0293. The first-order valence-electron chi connectivity index (χ1n) is 25.5. The molecule has 27 heteroatoms. The number of carbonyl (C=O) groups excluding carboxylic acids is 8. The molecule has 7 unspecified atom stereocenters. The van der Waals surface area contributed by atoms with E-state index in [2.05, 4.69) is 62.5 Å². The van der Waals surface area contributed by atoms with Gasteiger partial charge in [0.2, 0.25) is 47.3 Å². The van der Waals surface area contributed by atoms with Gasteiger partial charge in [0.05, 0.1) is 19.1 Å². The van der Waals surface area contributed by atoms with E-state index in [4.69, 9.17) is 34.4 Å². The summed E-state index contributed by atoms with van der Waals surface area (Å²) in [5.74, 6) is -6.72. The SMILES string of the molecule is CC(=O)NC(CCCN=C(N)N)C(=O)NC1CC(=O)NCCCCC(CO)NC(=O)C(Cc2c[nH]c3ccccc23)NC(=O)C(CCCN=C(N)N)NC(=O)C(Cc2ccccc2)NC(=O)C(CCCN=C(N)N)NC1=O. The molecule has 0 saturated carbocycles. The van der Waals surface area contributed by atoms with Crippen LogP contribution in [0.2, 0.25) is 0 Å². The minimum atomic E-state index is -1.63. The van der Waals surface area contributed by atoms with Gasteiger partial charge in [0.1, 0.15) is 36.3 Å². The average molecular weight is 1070 g/mol. The second kappa shape index (κ2) is 32.1. The summed E-state index contributed by atoms with van der Waals surface area (Å²) in [5.41, 5.74) is 35.3. The number of rotatable bonds is 20.